The van der Waals surface area contributed by atoms with Gasteiger partial charge in [-0.2, -0.15) is 9.90 Å². The number of nitrogens with zero attached hydrogens (tertiary/aromatic N) is 3. The fourth-order valence-corrected chi connectivity index (χ4v) is 1.22. The summed E-state index contributed by atoms with van der Waals surface area (Å²) in [5.74, 6) is -2.53. The largest absolute Gasteiger partial charge is 0.320 e. The Hall–Kier alpha value is -2.31. The lowest BCUT2D eigenvalue weighted by Crippen LogP contribution is -2.13. The molecule has 88 valence electrons. The van der Waals surface area contributed by atoms with E-state index in [1.807, 2.05) is 0 Å². The number of anilines is 1. The quantitative estimate of drug-likeness (QED) is 0.859. The van der Waals surface area contributed by atoms with E-state index in [1.54, 1.807) is 7.05 Å². The van der Waals surface area contributed by atoms with Gasteiger partial charge >= 0.3 is 0 Å². The van der Waals surface area contributed by atoms with E-state index >= 15 is 0 Å². The summed E-state index contributed by atoms with van der Waals surface area (Å²) >= 11 is 0. The molecule has 0 aliphatic heterocycles. The highest BCUT2D eigenvalue weighted by Crippen LogP contribution is 2.13. The number of nitrogens with one attached hydrogen (secondary N) is 1. The Morgan fingerprint density at radius 1 is 1.35 bits per heavy atom. The molecule has 17 heavy (non-hydrogen) atoms. The summed E-state index contributed by atoms with van der Waals surface area (Å²) < 4.78 is 25.5. The molecule has 0 unspecified atom stereocenters. The van der Waals surface area contributed by atoms with Crippen LogP contribution in [-0.4, -0.2) is 20.9 Å². The van der Waals surface area contributed by atoms with Crippen molar-refractivity contribution in [3.05, 3.63) is 41.7 Å². The van der Waals surface area contributed by atoms with E-state index in [9.17, 15) is 13.6 Å². The highest BCUT2D eigenvalue weighted by Gasteiger charge is 2.11. The van der Waals surface area contributed by atoms with Crippen molar-refractivity contribution in [1.82, 2.24) is 15.0 Å². The summed E-state index contributed by atoms with van der Waals surface area (Å²) in [4.78, 5) is 12.8. The van der Waals surface area contributed by atoms with Gasteiger partial charge < -0.3 is 5.32 Å². The Labute approximate surface area is 95.1 Å². The maximum Gasteiger partial charge on any atom is 0.277 e. The molecule has 1 heterocycles. The Morgan fingerprint density at radius 2 is 2.12 bits per heavy atom. The molecule has 0 radical (unpaired) electrons. The van der Waals surface area contributed by atoms with Crippen LogP contribution in [0.1, 0.15) is 10.5 Å². The van der Waals surface area contributed by atoms with Gasteiger partial charge in [0.25, 0.3) is 5.91 Å². The molecule has 1 aromatic carbocycles. The lowest BCUT2D eigenvalue weighted by Gasteiger charge is -2.02. The predicted molar refractivity (Wildman–Crippen MR) is 55.3 cm³/mol. The topological polar surface area (TPSA) is 59.8 Å². The average molecular weight is 238 g/mol. The maximum atomic E-state index is 12.9. The van der Waals surface area contributed by atoms with E-state index in [0.29, 0.717) is 0 Å². The number of halogens is 2. The fraction of sp³-hybridized carbons (Fsp3) is 0.100. The molecule has 1 N–H and O–H groups in total. The molecule has 0 saturated heterocycles. The SMILES string of the molecule is Cn1ncc(C(=O)Nc2ccc(F)c(F)c2)n1. The molecule has 0 fully saturated rings. The molecule has 1 amide bonds. The highest BCUT2D eigenvalue weighted by atomic mass is 19.2. The zero-order chi connectivity index (χ0) is 12.4. The minimum atomic E-state index is -1.03. The number of carbonyl (C=O) groups excluding carboxylic acids is 1. The second kappa shape index (κ2) is 4.28. The number of amides is 1. The molecule has 0 aliphatic carbocycles. The first-order valence-corrected chi connectivity index (χ1v) is 4.69. The van der Waals surface area contributed by atoms with E-state index in [-0.39, 0.29) is 11.4 Å². The van der Waals surface area contributed by atoms with Crippen LogP contribution in [0.15, 0.2) is 24.4 Å². The average Bonchev–Trinajstić information content (AvgIpc) is 2.70. The monoisotopic (exact) mass is 238 g/mol. The van der Waals surface area contributed by atoms with E-state index in [4.69, 9.17) is 0 Å². The first-order chi connectivity index (χ1) is 8.06. The molecule has 0 bridgehead atoms. The summed E-state index contributed by atoms with van der Waals surface area (Å²) in [6, 6.07) is 3.08. The third-order valence-electron chi connectivity index (χ3n) is 2.01. The summed E-state index contributed by atoms with van der Waals surface area (Å²) in [6.07, 6.45) is 1.27. The van der Waals surface area contributed by atoms with E-state index in [0.717, 1.165) is 12.1 Å². The number of hydrogen-bond donors (Lipinski definition) is 1. The first kappa shape index (κ1) is 11.2. The summed E-state index contributed by atoms with van der Waals surface area (Å²) in [5, 5.41) is 9.87. The van der Waals surface area contributed by atoms with Gasteiger partial charge in [-0.25, -0.2) is 8.78 Å². The zero-order valence-electron chi connectivity index (χ0n) is 8.82. The Balaban J connectivity index is 2.15. The molecular formula is C10H8F2N4O. The van der Waals surface area contributed by atoms with Crippen molar-refractivity contribution in [2.75, 3.05) is 5.32 Å². The van der Waals surface area contributed by atoms with Crippen LogP contribution in [0.5, 0.6) is 0 Å². The fourth-order valence-electron chi connectivity index (χ4n) is 1.22. The van der Waals surface area contributed by atoms with Crippen LogP contribution >= 0.6 is 0 Å². The maximum absolute atomic E-state index is 12.9. The third kappa shape index (κ3) is 2.44. The second-order valence-electron chi connectivity index (χ2n) is 3.30. The number of rotatable bonds is 2. The molecule has 7 heteroatoms. The third-order valence-corrected chi connectivity index (χ3v) is 2.01. The van der Waals surface area contributed by atoms with Gasteiger partial charge in [0.1, 0.15) is 0 Å². The number of aryl methyl sites for hydroxylation is 1. The van der Waals surface area contributed by atoms with E-state index in [2.05, 4.69) is 15.5 Å². The van der Waals surface area contributed by atoms with Crippen LogP contribution in [0.4, 0.5) is 14.5 Å². The molecule has 2 rings (SSSR count). The van der Waals surface area contributed by atoms with Crippen molar-refractivity contribution >= 4 is 11.6 Å². The van der Waals surface area contributed by atoms with Crippen LogP contribution in [0.2, 0.25) is 0 Å². The number of hydrogen-bond acceptors (Lipinski definition) is 3. The molecule has 1 aromatic heterocycles. The van der Waals surface area contributed by atoms with Crippen molar-refractivity contribution in [3.63, 3.8) is 0 Å². The van der Waals surface area contributed by atoms with Crippen LogP contribution in [0.25, 0.3) is 0 Å². The van der Waals surface area contributed by atoms with Crippen molar-refractivity contribution in [2.45, 2.75) is 0 Å². The Kier molecular flexibility index (Phi) is 2.82. The summed E-state index contributed by atoms with van der Waals surface area (Å²) in [6.45, 7) is 0. The number of aromatic nitrogens is 3. The smallest absolute Gasteiger partial charge is 0.277 e. The molecule has 0 spiro atoms. The van der Waals surface area contributed by atoms with Crippen LogP contribution in [0.3, 0.4) is 0 Å². The molecule has 0 aliphatic rings. The van der Waals surface area contributed by atoms with Gasteiger partial charge in [-0.15, -0.1) is 5.10 Å². The number of benzene rings is 1. The first-order valence-electron chi connectivity index (χ1n) is 4.69. The minimum Gasteiger partial charge on any atom is -0.320 e. The zero-order valence-corrected chi connectivity index (χ0v) is 8.82. The van der Waals surface area contributed by atoms with Gasteiger partial charge in [-0.1, -0.05) is 0 Å². The van der Waals surface area contributed by atoms with Crippen LogP contribution in [0, 0.1) is 11.6 Å². The molecule has 0 saturated carbocycles. The van der Waals surface area contributed by atoms with Gasteiger partial charge in [0.15, 0.2) is 17.3 Å². The summed E-state index contributed by atoms with van der Waals surface area (Å²) in [7, 11) is 1.56. The van der Waals surface area contributed by atoms with Crippen molar-refractivity contribution in [2.24, 2.45) is 7.05 Å². The van der Waals surface area contributed by atoms with Gasteiger partial charge in [-0.05, 0) is 12.1 Å². The predicted octanol–water partition coefficient (Wildman–Crippen LogP) is 1.35. The van der Waals surface area contributed by atoms with Crippen LogP contribution < -0.4 is 5.32 Å². The summed E-state index contributed by atoms with van der Waals surface area (Å²) in [5.41, 5.74) is 0.247. The lowest BCUT2D eigenvalue weighted by molar-refractivity contribution is 0.102. The normalized spacial score (nSPS) is 10.3. The van der Waals surface area contributed by atoms with Crippen molar-refractivity contribution in [3.8, 4) is 0 Å². The minimum absolute atomic E-state index is 0.0947. The van der Waals surface area contributed by atoms with Gasteiger partial charge in [0.05, 0.1) is 6.20 Å². The lowest BCUT2D eigenvalue weighted by atomic mass is 10.3. The van der Waals surface area contributed by atoms with Gasteiger partial charge in [0.2, 0.25) is 0 Å². The Bertz CT molecular complexity index is 567. The molecule has 0 atom stereocenters. The van der Waals surface area contributed by atoms with Crippen molar-refractivity contribution < 1.29 is 13.6 Å². The highest BCUT2D eigenvalue weighted by molar-refractivity contribution is 6.02. The molecule has 5 nitrogen and oxygen atoms in total. The van der Waals surface area contributed by atoms with E-state index in [1.165, 1.54) is 17.1 Å². The van der Waals surface area contributed by atoms with Crippen LogP contribution in [-0.2, 0) is 7.05 Å². The number of carbonyl (C=O) groups is 1. The van der Waals surface area contributed by atoms with Gasteiger partial charge in [0, 0.05) is 18.8 Å². The standard InChI is InChI=1S/C10H8F2N4O/c1-16-13-5-9(15-16)10(17)14-6-2-3-7(11)8(12)4-6/h2-5H,1H3,(H,14,17). The van der Waals surface area contributed by atoms with Gasteiger partial charge in [-0.3, -0.25) is 4.79 Å². The van der Waals surface area contributed by atoms with Crippen molar-refractivity contribution in [1.29, 1.82) is 0 Å². The molecular weight excluding hydrogens is 230 g/mol. The second-order valence-corrected chi connectivity index (χ2v) is 3.30. The molecule has 2 aromatic rings. The van der Waals surface area contributed by atoms with E-state index < -0.39 is 17.5 Å². The Morgan fingerprint density at radius 3 is 2.71 bits per heavy atom.